The van der Waals surface area contributed by atoms with E-state index >= 15 is 0 Å². The van der Waals surface area contributed by atoms with Gasteiger partial charge in [-0.15, -0.1) is 34.5 Å². The molecule has 0 saturated heterocycles. The molecule has 174 valence electrons. The molecule has 0 saturated carbocycles. The Labute approximate surface area is 234 Å². The van der Waals surface area contributed by atoms with Crippen LogP contribution < -0.4 is 24.8 Å². The topological polar surface area (TPSA) is 0 Å². The molecule has 3 aromatic carbocycles. The molecular weight excluding hydrogens is 539 g/mol. The summed E-state index contributed by atoms with van der Waals surface area (Å²) in [5.41, 5.74) is 9.38. The number of hydrogen-bond acceptors (Lipinski definition) is 0. The second-order valence-electron chi connectivity index (χ2n) is 10.0. The summed E-state index contributed by atoms with van der Waals surface area (Å²) in [6.07, 6.45) is 4.71. The number of rotatable bonds is 2. The van der Waals surface area contributed by atoms with Crippen molar-refractivity contribution in [3.8, 4) is 11.1 Å². The first-order chi connectivity index (χ1) is 14.1. The molecule has 0 aliphatic heterocycles. The van der Waals surface area contributed by atoms with E-state index in [1.54, 1.807) is 5.57 Å². The third-order valence-electron chi connectivity index (χ3n) is 5.95. The van der Waals surface area contributed by atoms with Crippen LogP contribution in [0.5, 0.6) is 0 Å². The first-order valence-electron chi connectivity index (χ1n) is 11.0. The molecule has 1 aliphatic rings. The Bertz CT molecular complexity index is 1080. The average Bonchev–Trinajstić information content (AvgIpc) is 3.22. The fourth-order valence-corrected chi connectivity index (χ4v) is 5.89. The molecule has 0 heterocycles. The largest absolute Gasteiger partial charge is 3.00 e. The third kappa shape index (κ3) is 8.14. The number of allylic oxidation sites excluding steroid dienone is 4. The van der Waals surface area contributed by atoms with E-state index in [-0.39, 0.29) is 65.2 Å². The van der Waals surface area contributed by atoms with E-state index in [2.05, 4.69) is 121 Å². The SMILES string of the molecule is CC1=CC([Si](C)C)C(C)=C1.Cc1cc2c(-c3ccc(C(C)(C)C)cc3)cccc2[cH-]1.[Cl-].[Cl-].[Zr+3]. The van der Waals surface area contributed by atoms with Crippen LogP contribution in [0.4, 0.5) is 0 Å². The number of hydrogen-bond donors (Lipinski definition) is 0. The van der Waals surface area contributed by atoms with Gasteiger partial charge < -0.3 is 24.8 Å². The molecule has 0 fully saturated rings. The van der Waals surface area contributed by atoms with Crippen LogP contribution in [0.25, 0.3) is 21.9 Å². The Hall–Kier alpha value is -0.790. The molecule has 0 bridgehead atoms. The Morgan fingerprint density at radius 2 is 1.48 bits per heavy atom. The van der Waals surface area contributed by atoms with E-state index in [1.807, 2.05) is 0 Å². The van der Waals surface area contributed by atoms with Crippen LogP contribution >= 0.6 is 0 Å². The van der Waals surface area contributed by atoms with Crippen LogP contribution in [0.15, 0.2) is 77.9 Å². The normalized spacial score (nSPS) is 14.9. The zero-order chi connectivity index (χ0) is 22.1. The molecule has 0 spiro atoms. The van der Waals surface area contributed by atoms with Gasteiger partial charge in [0.15, 0.2) is 0 Å². The van der Waals surface area contributed by atoms with Crippen molar-refractivity contribution in [3.63, 3.8) is 0 Å². The first-order valence-corrected chi connectivity index (χ1v) is 13.6. The predicted molar refractivity (Wildman–Crippen MR) is 137 cm³/mol. The second kappa shape index (κ2) is 13.3. The van der Waals surface area contributed by atoms with Gasteiger partial charge in [-0.05, 0) is 35.9 Å². The van der Waals surface area contributed by atoms with Crippen LogP contribution in [-0.2, 0) is 31.6 Å². The smallest absolute Gasteiger partial charge is 1.00 e. The van der Waals surface area contributed by atoms with Crippen LogP contribution in [-0.4, -0.2) is 8.80 Å². The van der Waals surface area contributed by atoms with Crippen molar-refractivity contribution in [3.05, 3.63) is 89.0 Å². The van der Waals surface area contributed by atoms with E-state index in [4.69, 9.17) is 0 Å². The molecule has 1 unspecified atom stereocenters. The Morgan fingerprint density at radius 3 is 1.94 bits per heavy atom. The predicted octanol–water partition coefficient (Wildman–Crippen LogP) is 2.85. The molecule has 0 amide bonds. The van der Waals surface area contributed by atoms with Gasteiger partial charge in [0, 0.05) is 0 Å². The van der Waals surface area contributed by atoms with Crippen molar-refractivity contribution in [2.24, 2.45) is 0 Å². The van der Waals surface area contributed by atoms with E-state index in [0.29, 0.717) is 0 Å². The first kappa shape index (κ1) is 32.2. The van der Waals surface area contributed by atoms with Gasteiger partial charge in [0.25, 0.3) is 0 Å². The summed E-state index contributed by atoms with van der Waals surface area (Å²) < 4.78 is 0. The Balaban J connectivity index is 0.000000681. The number of halogens is 2. The minimum Gasteiger partial charge on any atom is -1.00 e. The number of benzene rings is 2. The van der Waals surface area contributed by atoms with Crippen molar-refractivity contribution in [1.82, 2.24) is 0 Å². The van der Waals surface area contributed by atoms with E-state index in [9.17, 15) is 0 Å². The maximum Gasteiger partial charge on any atom is 3.00 e. The maximum absolute atomic E-state index is 2.41. The average molecular weight is 575 g/mol. The van der Waals surface area contributed by atoms with Crippen molar-refractivity contribution in [1.29, 1.82) is 0 Å². The minimum atomic E-state index is -0.138. The van der Waals surface area contributed by atoms with Gasteiger partial charge in [0.2, 0.25) is 0 Å². The van der Waals surface area contributed by atoms with Crippen LogP contribution in [0.1, 0.15) is 45.7 Å². The summed E-state index contributed by atoms with van der Waals surface area (Å²) in [6, 6.07) is 20.1. The number of aryl methyl sites for hydroxylation is 1. The van der Waals surface area contributed by atoms with Crippen LogP contribution in [0.2, 0.25) is 18.6 Å². The standard InChI is InChI=1S/C20H21.C9H15Si.2ClH.Zr/c1-14-12-16-6-5-7-18(19(16)13-14)15-8-10-17(11-9-15)20(2,3)4;1-7-5-8(2)9(6-7)10(3)4;;;/h5-13H,1-4H3;5-6,9H,1-4H3;2*1H;/q-1;;;;+3/p-2. The Morgan fingerprint density at radius 1 is 0.879 bits per heavy atom. The second-order valence-corrected chi connectivity index (χ2v) is 12.8. The van der Waals surface area contributed by atoms with Gasteiger partial charge in [-0.25, -0.2) is 0 Å². The van der Waals surface area contributed by atoms with E-state index in [1.165, 1.54) is 38.6 Å². The van der Waals surface area contributed by atoms with E-state index in [0.717, 1.165) is 5.54 Å². The molecular formula is C29H36Cl2SiZr. The van der Waals surface area contributed by atoms with Gasteiger partial charge in [0.1, 0.15) is 0 Å². The molecule has 0 aromatic heterocycles. The molecule has 3 aromatic rings. The van der Waals surface area contributed by atoms with Gasteiger partial charge in [-0.1, -0.05) is 100.0 Å². The minimum absolute atomic E-state index is 0. The molecule has 4 heteroatoms. The van der Waals surface area contributed by atoms with Crippen LogP contribution in [0.3, 0.4) is 0 Å². The summed E-state index contributed by atoms with van der Waals surface area (Å²) >= 11 is 0. The van der Waals surface area contributed by atoms with Crippen molar-refractivity contribution >= 4 is 19.6 Å². The number of fused-ring (bicyclic) bond motifs is 1. The molecule has 1 aliphatic carbocycles. The van der Waals surface area contributed by atoms with Crippen LogP contribution in [0, 0.1) is 6.92 Å². The zero-order valence-electron chi connectivity index (χ0n) is 21.2. The monoisotopic (exact) mass is 572 g/mol. The summed E-state index contributed by atoms with van der Waals surface area (Å²) in [4.78, 5) is 0. The van der Waals surface area contributed by atoms with Gasteiger partial charge in [0.05, 0.1) is 8.80 Å². The van der Waals surface area contributed by atoms with Crippen molar-refractivity contribution in [2.45, 2.75) is 65.6 Å². The van der Waals surface area contributed by atoms with Crippen molar-refractivity contribution < 1.29 is 51.0 Å². The molecule has 0 N–H and O–H groups in total. The summed E-state index contributed by atoms with van der Waals surface area (Å²) in [7, 11) is -0.138. The molecule has 4 rings (SSSR count). The zero-order valence-corrected chi connectivity index (χ0v) is 26.2. The molecule has 0 nitrogen and oxygen atoms in total. The summed E-state index contributed by atoms with van der Waals surface area (Å²) in [5.74, 6) is 0. The van der Waals surface area contributed by atoms with E-state index < -0.39 is 0 Å². The maximum atomic E-state index is 2.41. The quantitative estimate of drug-likeness (QED) is 0.326. The molecule has 1 atom stereocenters. The van der Waals surface area contributed by atoms with Gasteiger partial charge in [-0.3, -0.25) is 0 Å². The molecule has 33 heavy (non-hydrogen) atoms. The molecule has 2 radical (unpaired) electrons. The fraction of sp³-hybridized carbons (Fsp3) is 0.345. The summed E-state index contributed by atoms with van der Waals surface area (Å²) in [6.45, 7) is 18.1. The fourth-order valence-electron chi connectivity index (χ4n) is 4.30. The van der Waals surface area contributed by atoms with Gasteiger partial charge in [-0.2, -0.15) is 6.07 Å². The van der Waals surface area contributed by atoms with Gasteiger partial charge >= 0.3 is 26.2 Å². The van der Waals surface area contributed by atoms with Crippen molar-refractivity contribution in [2.75, 3.05) is 0 Å². The summed E-state index contributed by atoms with van der Waals surface area (Å²) in [5, 5.41) is 2.69. The Kier molecular flexibility index (Phi) is 13.0. The third-order valence-corrected chi connectivity index (χ3v) is 7.82.